The van der Waals surface area contributed by atoms with Crippen LogP contribution in [0.2, 0.25) is 0 Å². The van der Waals surface area contributed by atoms with E-state index in [9.17, 15) is 4.79 Å². The van der Waals surface area contributed by atoms with Crippen LogP contribution < -0.4 is 14.8 Å². The average Bonchev–Trinajstić information content (AvgIpc) is 3.40. The molecule has 2 aromatic heterocycles. The second-order valence-electron chi connectivity index (χ2n) is 5.98. The Morgan fingerprint density at radius 1 is 1.21 bits per heavy atom. The predicted octanol–water partition coefficient (Wildman–Crippen LogP) is 3.78. The van der Waals surface area contributed by atoms with Gasteiger partial charge in [-0.3, -0.25) is 9.89 Å². The second-order valence-corrected chi connectivity index (χ2v) is 7.87. The Bertz CT molecular complexity index is 912. The number of thiophene rings is 1. The fourth-order valence-corrected chi connectivity index (χ4v) is 3.90. The number of ether oxygens (including phenoxy) is 2. The van der Waals surface area contributed by atoms with Crippen LogP contribution in [0.4, 0.5) is 0 Å². The molecule has 0 spiro atoms. The summed E-state index contributed by atoms with van der Waals surface area (Å²) in [6.45, 7) is 5.60. The van der Waals surface area contributed by atoms with E-state index in [4.69, 9.17) is 9.47 Å². The van der Waals surface area contributed by atoms with Crippen molar-refractivity contribution >= 4 is 29.0 Å². The number of carbonyl (C=O) groups is 1. The molecular weight excluding hydrogens is 408 g/mol. The number of hydrogen-bond donors (Lipinski definition) is 2. The summed E-state index contributed by atoms with van der Waals surface area (Å²) >= 11 is 2.90. The van der Waals surface area contributed by atoms with Gasteiger partial charge in [-0.1, -0.05) is 23.9 Å². The van der Waals surface area contributed by atoms with Crippen LogP contribution in [-0.2, 0) is 11.2 Å². The van der Waals surface area contributed by atoms with E-state index >= 15 is 0 Å². The van der Waals surface area contributed by atoms with Crippen LogP contribution in [0.15, 0.2) is 40.9 Å². The highest BCUT2D eigenvalue weighted by Gasteiger charge is 2.10. The molecule has 0 aliphatic heterocycles. The zero-order valence-corrected chi connectivity index (χ0v) is 18.1. The molecule has 0 aliphatic rings. The third-order valence-corrected chi connectivity index (χ3v) is 5.62. The van der Waals surface area contributed by atoms with Gasteiger partial charge in [0, 0.05) is 6.54 Å². The van der Waals surface area contributed by atoms with Crippen LogP contribution >= 0.6 is 23.1 Å². The molecular formula is C20H24N4O3S2. The molecule has 0 unspecified atom stereocenters. The van der Waals surface area contributed by atoms with Gasteiger partial charge in [0.1, 0.15) is 0 Å². The Kier molecular flexibility index (Phi) is 7.94. The lowest BCUT2D eigenvalue weighted by molar-refractivity contribution is -0.118. The summed E-state index contributed by atoms with van der Waals surface area (Å²) in [6.07, 6.45) is 0.714. The number of benzene rings is 1. The minimum Gasteiger partial charge on any atom is -0.490 e. The van der Waals surface area contributed by atoms with Crippen molar-refractivity contribution in [2.45, 2.75) is 25.4 Å². The molecule has 7 nitrogen and oxygen atoms in total. The zero-order chi connectivity index (χ0) is 20.5. The quantitative estimate of drug-likeness (QED) is 0.448. The van der Waals surface area contributed by atoms with Crippen molar-refractivity contribution in [2.75, 3.05) is 25.5 Å². The molecule has 3 rings (SSSR count). The molecule has 0 radical (unpaired) electrons. The number of aromatic nitrogens is 3. The molecule has 9 heteroatoms. The fourth-order valence-electron chi connectivity index (χ4n) is 2.61. The zero-order valence-electron chi connectivity index (χ0n) is 16.4. The Balaban J connectivity index is 1.43. The number of H-pyrrole nitrogens is 1. The summed E-state index contributed by atoms with van der Waals surface area (Å²) in [5.74, 6) is 2.43. The lowest BCUT2D eigenvalue weighted by atomic mass is 10.1. The van der Waals surface area contributed by atoms with E-state index in [1.165, 1.54) is 11.8 Å². The largest absolute Gasteiger partial charge is 0.490 e. The number of rotatable bonds is 11. The molecule has 2 heterocycles. The Morgan fingerprint density at radius 2 is 2.03 bits per heavy atom. The van der Waals surface area contributed by atoms with E-state index in [2.05, 4.69) is 20.5 Å². The third-order valence-electron chi connectivity index (χ3n) is 3.90. The van der Waals surface area contributed by atoms with Gasteiger partial charge < -0.3 is 14.8 Å². The molecule has 1 amide bonds. The van der Waals surface area contributed by atoms with Crippen molar-refractivity contribution in [3.8, 4) is 22.2 Å². The van der Waals surface area contributed by atoms with Crippen LogP contribution in [0.5, 0.6) is 11.5 Å². The van der Waals surface area contributed by atoms with Crippen LogP contribution in [0.1, 0.15) is 19.4 Å². The van der Waals surface area contributed by atoms with Crippen molar-refractivity contribution in [2.24, 2.45) is 0 Å². The van der Waals surface area contributed by atoms with Crippen molar-refractivity contribution in [1.29, 1.82) is 0 Å². The van der Waals surface area contributed by atoms with Gasteiger partial charge in [-0.25, -0.2) is 4.98 Å². The standard InChI is InChI=1S/C20H24N4O3S2/c1-3-26-15-8-7-14(12-16(15)27-4-2)9-10-21-18(25)13-29-20-22-19(23-24-20)17-6-5-11-28-17/h5-8,11-12H,3-4,9-10,13H2,1-2H3,(H,21,25)(H,22,23,24). The maximum atomic E-state index is 12.1. The molecule has 0 saturated carbocycles. The van der Waals surface area contributed by atoms with Crippen LogP contribution in [0.3, 0.4) is 0 Å². The number of hydrogen-bond acceptors (Lipinski definition) is 7. The highest BCUT2D eigenvalue weighted by molar-refractivity contribution is 7.99. The molecule has 1 aromatic carbocycles. The second kappa shape index (κ2) is 10.9. The van der Waals surface area contributed by atoms with Gasteiger partial charge in [-0.05, 0) is 49.4 Å². The Morgan fingerprint density at radius 3 is 2.79 bits per heavy atom. The first-order valence-corrected chi connectivity index (χ1v) is 11.3. The SMILES string of the molecule is CCOc1ccc(CCNC(=O)CSc2n[nH]c(-c3cccs3)n2)cc1OCC. The fraction of sp³-hybridized carbons (Fsp3) is 0.350. The van der Waals surface area contributed by atoms with Crippen molar-refractivity contribution in [1.82, 2.24) is 20.5 Å². The molecule has 0 aliphatic carbocycles. The third kappa shape index (κ3) is 6.23. The number of amides is 1. The molecule has 29 heavy (non-hydrogen) atoms. The first-order chi connectivity index (χ1) is 14.2. The lowest BCUT2D eigenvalue weighted by Crippen LogP contribution is -2.27. The van der Waals surface area contributed by atoms with Gasteiger partial charge in [0.05, 0.1) is 23.8 Å². The van der Waals surface area contributed by atoms with Crippen LogP contribution in [0.25, 0.3) is 10.7 Å². The normalized spacial score (nSPS) is 10.7. The van der Waals surface area contributed by atoms with E-state index < -0.39 is 0 Å². The number of aromatic amines is 1. The van der Waals surface area contributed by atoms with Gasteiger partial charge in [0.15, 0.2) is 17.3 Å². The summed E-state index contributed by atoms with van der Waals surface area (Å²) < 4.78 is 11.2. The maximum absolute atomic E-state index is 12.1. The Labute approximate surface area is 178 Å². The molecule has 0 atom stereocenters. The monoisotopic (exact) mass is 432 g/mol. The van der Waals surface area contributed by atoms with Crippen LogP contribution in [-0.4, -0.2) is 46.6 Å². The number of thioether (sulfide) groups is 1. The van der Waals surface area contributed by atoms with E-state index in [0.717, 1.165) is 27.8 Å². The summed E-state index contributed by atoms with van der Waals surface area (Å²) in [5, 5.41) is 12.5. The molecule has 0 fully saturated rings. The molecule has 154 valence electrons. The molecule has 0 saturated heterocycles. The van der Waals surface area contributed by atoms with Crippen molar-refractivity contribution in [3.05, 3.63) is 41.3 Å². The topological polar surface area (TPSA) is 89.1 Å². The number of carbonyl (C=O) groups excluding carboxylic acids is 1. The minimum atomic E-state index is -0.0477. The van der Waals surface area contributed by atoms with E-state index in [-0.39, 0.29) is 11.7 Å². The van der Waals surface area contributed by atoms with E-state index in [1.807, 2.05) is 49.6 Å². The highest BCUT2D eigenvalue weighted by atomic mass is 32.2. The number of nitrogens with zero attached hydrogens (tertiary/aromatic N) is 2. The van der Waals surface area contributed by atoms with Gasteiger partial charge in [-0.15, -0.1) is 16.4 Å². The van der Waals surface area contributed by atoms with Gasteiger partial charge >= 0.3 is 0 Å². The summed E-state index contributed by atoms with van der Waals surface area (Å²) in [5.41, 5.74) is 1.08. The highest BCUT2D eigenvalue weighted by Crippen LogP contribution is 2.28. The lowest BCUT2D eigenvalue weighted by Gasteiger charge is -2.12. The van der Waals surface area contributed by atoms with Gasteiger partial charge in [0.25, 0.3) is 0 Å². The average molecular weight is 433 g/mol. The van der Waals surface area contributed by atoms with Gasteiger partial charge in [-0.2, -0.15) is 0 Å². The van der Waals surface area contributed by atoms with E-state index in [1.54, 1.807) is 11.3 Å². The van der Waals surface area contributed by atoms with Crippen molar-refractivity contribution in [3.63, 3.8) is 0 Å². The van der Waals surface area contributed by atoms with Crippen LogP contribution in [0, 0.1) is 0 Å². The molecule has 3 aromatic rings. The first-order valence-electron chi connectivity index (χ1n) is 9.44. The van der Waals surface area contributed by atoms with E-state index in [0.29, 0.717) is 31.3 Å². The summed E-state index contributed by atoms with van der Waals surface area (Å²) in [7, 11) is 0. The smallest absolute Gasteiger partial charge is 0.230 e. The van der Waals surface area contributed by atoms with Gasteiger partial charge in [0.2, 0.25) is 11.1 Å². The summed E-state index contributed by atoms with van der Waals surface area (Å²) in [6, 6.07) is 9.81. The predicted molar refractivity (Wildman–Crippen MR) is 116 cm³/mol. The Hall–Kier alpha value is -2.52. The molecule has 0 bridgehead atoms. The minimum absolute atomic E-state index is 0.0477. The maximum Gasteiger partial charge on any atom is 0.230 e. The number of nitrogens with one attached hydrogen (secondary N) is 2. The molecule has 2 N–H and O–H groups in total. The summed E-state index contributed by atoms with van der Waals surface area (Å²) in [4.78, 5) is 17.5. The first kappa shape index (κ1) is 21.2. The van der Waals surface area contributed by atoms with Crippen molar-refractivity contribution < 1.29 is 14.3 Å².